The Morgan fingerprint density at radius 1 is 1.39 bits per heavy atom. The molecule has 0 aliphatic carbocycles. The van der Waals surface area contributed by atoms with Crippen molar-refractivity contribution in [3.05, 3.63) is 0 Å². The predicted octanol–water partition coefficient (Wildman–Crippen LogP) is 3.63. The van der Waals surface area contributed by atoms with Crippen molar-refractivity contribution in [3.63, 3.8) is 0 Å². The number of thiocarbonyl (C=S) groups is 1. The van der Waals surface area contributed by atoms with Crippen LogP contribution in [0.25, 0.3) is 0 Å². The first kappa shape index (κ1) is 17.8. The van der Waals surface area contributed by atoms with E-state index in [0.29, 0.717) is 16.4 Å². The standard InChI is InChI=1S/C12H19NO2S3/c1-11(2,8-13)6-7-12(3,9(14)15-4)18-10(16)17-5/h6-7H2,1-5H3. The average molecular weight is 305 g/mol. The van der Waals surface area contributed by atoms with Gasteiger partial charge in [-0.15, -0.1) is 11.8 Å². The van der Waals surface area contributed by atoms with Gasteiger partial charge in [0.25, 0.3) is 0 Å². The Balaban J connectivity index is 4.85. The molecular formula is C12H19NO2S3. The van der Waals surface area contributed by atoms with Crippen LogP contribution in [0, 0.1) is 16.7 Å². The molecular weight excluding hydrogens is 286 g/mol. The lowest BCUT2D eigenvalue weighted by atomic mass is 9.86. The highest BCUT2D eigenvalue weighted by molar-refractivity contribution is 8.47. The summed E-state index contributed by atoms with van der Waals surface area (Å²) >= 11 is 7.94. The number of carbonyl (C=O) groups is 1. The molecule has 0 spiro atoms. The minimum atomic E-state index is -0.719. The molecule has 0 aromatic rings. The number of esters is 1. The van der Waals surface area contributed by atoms with E-state index in [2.05, 4.69) is 6.07 Å². The van der Waals surface area contributed by atoms with E-state index < -0.39 is 10.2 Å². The van der Waals surface area contributed by atoms with Gasteiger partial charge in [0, 0.05) is 0 Å². The van der Waals surface area contributed by atoms with Crippen LogP contribution >= 0.6 is 35.7 Å². The Hall–Kier alpha value is -0.250. The van der Waals surface area contributed by atoms with Crippen molar-refractivity contribution in [1.82, 2.24) is 0 Å². The number of hydrogen-bond donors (Lipinski definition) is 0. The topological polar surface area (TPSA) is 50.1 Å². The van der Waals surface area contributed by atoms with E-state index in [9.17, 15) is 4.79 Å². The molecule has 6 heteroatoms. The quantitative estimate of drug-likeness (QED) is 0.571. The second kappa shape index (κ2) is 7.37. The summed E-state index contributed by atoms with van der Waals surface area (Å²) in [5, 5.41) is 9.01. The molecule has 0 fully saturated rings. The third-order valence-corrected chi connectivity index (χ3v) is 5.44. The highest BCUT2D eigenvalue weighted by Crippen LogP contribution is 2.38. The van der Waals surface area contributed by atoms with Crippen LogP contribution in [-0.4, -0.2) is 27.6 Å². The number of nitrogens with zero attached hydrogens (tertiary/aromatic N) is 1. The number of rotatable bonds is 5. The van der Waals surface area contributed by atoms with Crippen LogP contribution in [0.1, 0.15) is 33.6 Å². The fourth-order valence-electron chi connectivity index (χ4n) is 1.24. The lowest BCUT2D eigenvalue weighted by Crippen LogP contribution is -2.35. The normalized spacial score (nSPS) is 14.4. The van der Waals surface area contributed by atoms with Gasteiger partial charge in [0.15, 0.2) is 0 Å². The van der Waals surface area contributed by atoms with Crippen LogP contribution in [0.2, 0.25) is 0 Å². The molecule has 0 saturated heterocycles. The van der Waals surface area contributed by atoms with Crippen LogP contribution in [0.4, 0.5) is 0 Å². The van der Waals surface area contributed by atoms with Crippen molar-refractivity contribution < 1.29 is 9.53 Å². The fraction of sp³-hybridized carbons (Fsp3) is 0.750. The first-order valence-corrected chi connectivity index (χ1v) is 7.92. The van der Waals surface area contributed by atoms with Gasteiger partial charge >= 0.3 is 5.97 Å². The smallest absolute Gasteiger partial charge is 0.322 e. The number of hydrogen-bond acceptors (Lipinski definition) is 6. The Labute approximate surface area is 123 Å². The summed E-state index contributed by atoms with van der Waals surface area (Å²) in [5.74, 6) is -0.294. The maximum absolute atomic E-state index is 11.9. The largest absolute Gasteiger partial charge is 0.468 e. The number of carbonyl (C=O) groups excluding carboxylic acids is 1. The second-order valence-electron chi connectivity index (χ2n) is 4.77. The van der Waals surface area contributed by atoms with Gasteiger partial charge in [-0.25, -0.2) is 0 Å². The third-order valence-electron chi connectivity index (χ3n) is 2.62. The molecule has 102 valence electrons. The first-order chi connectivity index (χ1) is 8.20. The van der Waals surface area contributed by atoms with E-state index in [1.54, 1.807) is 0 Å². The maximum atomic E-state index is 11.9. The fourth-order valence-corrected chi connectivity index (χ4v) is 3.42. The number of ether oxygens (including phenoxy) is 1. The molecule has 1 atom stereocenters. The minimum Gasteiger partial charge on any atom is -0.468 e. The average Bonchev–Trinajstić information content (AvgIpc) is 2.35. The van der Waals surface area contributed by atoms with Crippen LogP contribution in [0.5, 0.6) is 0 Å². The van der Waals surface area contributed by atoms with Crippen LogP contribution in [0.15, 0.2) is 0 Å². The molecule has 0 radical (unpaired) electrons. The van der Waals surface area contributed by atoms with Crippen LogP contribution in [-0.2, 0) is 9.53 Å². The molecule has 1 unspecified atom stereocenters. The van der Waals surface area contributed by atoms with Gasteiger partial charge in [-0.3, -0.25) is 4.79 Å². The molecule has 0 amide bonds. The molecule has 0 bridgehead atoms. The van der Waals surface area contributed by atoms with Crippen molar-refractivity contribution in [2.24, 2.45) is 5.41 Å². The van der Waals surface area contributed by atoms with Crippen molar-refractivity contribution in [3.8, 4) is 6.07 Å². The molecule has 0 aliphatic rings. The van der Waals surface area contributed by atoms with E-state index in [1.165, 1.54) is 30.6 Å². The molecule has 0 heterocycles. The van der Waals surface area contributed by atoms with Gasteiger partial charge in [-0.05, 0) is 39.9 Å². The lowest BCUT2D eigenvalue weighted by molar-refractivity contribution is -0.143. The van der Waals surface area contributed by atoms with Crippen LogP contribution in [0.3, 0.4) is 0 Å². The summed E-state index contributed by atoms with van der Waals surface area (Å²) in [6.07, 6.45) is 3.07. The minimum absolute atomic E-state index is 0.294. The summed E-state index contributed by atoms with van der Waals surface area (Å²) in [4.78, 5) is 11.9. The summed E-state index contributed by atoms with van der Waals surface area (Å²) in [6.45, 7) is 5.55. The van der Waals surface area contributed by atoms with Gasteiger partial charge in [0.1, 0.15) is 8.28 Å². The Morgan fingerprint density at radius 2 is 1.94 bits per heavy atom. The molecule has 0 aromatic carbocycles. The summed E-state index contributed by atoms with van der Waals surface area (Å²) < 4.78 is 4.83. The van der Waals surface area contributed by atoms with E-state index in [-0.39, 0.29) is 5.97 Å². The SMILES string of the molecule is COC(=O)C(C)(CCC(C)(C)C#N)SC(=S)SC. The molecule has 3 nitrogen and oxygen atoms in total. The summed E-state index contributed by atoms with van der Waals surface area (Å²) in [5.41, 5.74) is -0.448. The molecule has 0 aromatic heterocycles. The zero-order valence-electron chi connectivity index (χ0n) is 11.4. The summed E-state index contributed by atoms with van der Waals surface area (Å²) in [7, 11) is 1.37. The third kappa shape index (κ3) is 5.59. The molecule has 18 heavy (non-hydrogen) atoms. The zero-order valence-corrected chi connectivity index (χ0v) is 13.9. The highest BCUT2D eigenvalue weighted by atomic mass is 32.2. The maximum Gasteiger partial charge on any atom is 0.322 e. The molecule has 0 rings (SSSR count). The Kier molecular flexibility index (Phi) is 7.26. The van der Waals surface area contributed by atoms with Gasteiger partial charge < -0.3 is 4.74 Å². The molecule has 0 aliphatic heterocycles. The lowest BCUT2D eigenvalue weighted by Gasteiger charge is -2.28. The van der Waals surface area contributed by atoms with E-state index in [1.807, 2.05) is 27.0 Å². The Morgan fingerprint density at radius 3 is 2.33 bits per heavy atom. The predicted molar refractivity (Wildman–Crippen MR) is 82.8 cm³/mol. The van der Waals surface area contributed by atoms with Crippen LogP contribution < -0.4 is 0 Å². The van der Waals surface area contributed by atoms with Crippen molar-refractivity contribution in [1.29, 1.82) is 5.26 Å². The molecule has 0 saturated carbocycles. The Bertz CT molecular complexity index is 363. The highest BCUT2D eigenvalue weighted by Gasteiger charge is 2.38. The number of methoxy groups -OCH3 is 1. The first-order valence-electron chi connectivity index (χ1n) is 5.47. The van der Waals surface area contributed by atoms with E-state index >= 15 is 0 Å². The van der Waals surface area contributed by atoms with Crippen molar-refractivity contribution >= 4 is 45.2 Å². The van der Waals surface area contributed by atoms with Gasteiger partial charge in [-0.2, -0.15) is 5.26 Å². The number of thioether (sulfide) groups is 2. The van der Waals surface area contributed by atoms with Crippen molar-refractivity contribution in [2.75, 3.05) is 13.4 Å². The van der Waals surface area contributed by atoms with Gasteiger partial charge in [-0.1, -0.05) is 24.0 Å². The zero-order chi connectivity index (χ0) is 14.4. The molecule has 0 N–H and O–H groups in total. The second-order valence-corrected chi connectivity index (χ2v) is 8.29. The van der Waals surface area contributed by atoms with Crippen molar-refractivity contribution in [2.45, 2.75) is 38.4 Å². The van der Waals surface area contributed by atoms with Gasteiger partial charge in [0.2, 0.25) is 0 Å². The van der Waals surface area contributed by atoms with Gasteiger partial charge in [0.05, 0.1) is 18.6 Å². The summed E-state index contributed by atoms with van der Waals surface area (Å²) in [6, 6.07) is 2.24. The monoisotopic (exact) mass is 305 g/mol. The van der Waals surface area contributed by atoms with E-state index in [4.69, 9.17) is 22.2 Å². The number of nitriles is 1. The van der Waals surface area contributed by atoms with E-state index in [0.717, 1.165) is 0 Å².